The predicted octanol–water partition coefficient (Wildman–Crippen LogP) is 3.59. The fourth-order valence-electron chi connectivity index (χ4n) is 3.22. The Balaban J connectivity index is 1.26. The molecule has 30 heavy (non-hydrogen) atoms. The molecule has 2 N–H and O–H groups in total. The van der Waals surface area contributed by atoms with E-state index in [1.54, 1.807) is 7.05 Å². The Bertz CT molecular complexity index is 962. The standard InChI is InChI=1S/C24H29N5O/c1-25-24(27-15-22-9-5-6-10-23(22)30-18-20-11-12-20)26-13-21-14-28-29(17-21)16-19-7-3-2-4-8-19/h2-10,14,17,20H,11-13,15-16,18H2,1H3,(H2,25,26,27). The highest BCUT2D eigenvalue weighted by molar-refractivity contribution is 5.79. The zero-order valence-electron chi connectivity index (χ0n) is 17.4. The van der Waals surface area contributed by atoms with Gasteiger partial charge in [-0.25, -0.2) is 0 Å². The molecule has 2 aromatic carbocycles. The van der Waals surface area contributed by atoms with Crippen molar-refractivity contribution in [3.05, 3.63) is 83.7 Å². The summed E-state index contributed by atoms with van der Waals surface area (Å²) in [4.78, 5) is 4.33. The molecule has 0 bridgehead atoms. The van der Waals surface area contributed by atoms with Gasteiger partial charge in [-0.05, 0) is 30.4 Å². The number of guanidine groups is 1. The Morgan fingerprint density at radius 3 is 2.60 bits per heavy atom. The molecule has 6 nitrogen and oxygen atoms in total. The fraction of sp³-hybridized carbons (Fsp3) is 0.333. The van der Waals surface area contributed by atoms with Crippen molar-refractivity contribution in [3.63, 3.8) is 0 Å². The number of nitrogens with one attached hydrogen (secondary N) is 2. The number of para-hydroxylation sites is 1. The molecular weight excluding hydrogens is 374 g/mol. The van der Waals surface area contributed by atoms with Gasteiger partial charge >= 0.3 is 0 Å². The third-order valence-corrected chi connectivity index (χ3v) is 5.15. The highest BCUT2D eigenvalue weighted by atomic mass is 16.5. The molecule has 156 valence electrons. The molecule has 0 radical (unpaired) electrons. The van der Waals surface area contributed by atoms with Gasteiger partial charge < -0.3 is 15.4 Å². The van der Waals surface area contributed by atoms with Crippen molar-refractivity contribution in [2.45, 2.75) is 32.5 Å². The van der Waals surface area contributed by atoms with Crippen LogP contribution in [-0.2, 0) is 19.6 Å². The van der Waals surface area contributed by atoms with Crippen LogP contribution < -0.4 is 15.4 Å². The Morgan fingerprint density at radius 1 is 1.03 bits per heavy atom. The van der Waals surface area contributed by atoms with E-state index in [-0.39, 0.29) is 0 Å². The van der Waals surface area contributed by atoms with E-state index in [9.17, 15) is 0 Å². The number of rotatable bonds is 9. The van der Waals surface area contributed by atoms with Crippen LogP contribution in [0.15, 0.2) is 72.0 Å². The fourth-order valence-corrected chi connectivity index (χ4v) is 3.22. The average molecular weight is 404 g/mol. The van der Waals surface area contributed by atoms with E-state index in [0.717, 1.165) is 41.9 Å². The number of benzene rings is 2. The van der Waals surface area contributed by atoms with E-state index in [4.69, 9.17) is 4.74 Å². The van der Waals surface area contributed by atoms with Crippen molar-refractivity contribution in [2.24, 2.45) is 10.9 Å². The van der Waals surface area contributed by atoms with Crippen molar-refractivity contribution in [1.82, 2.24) is 20.4 Å². The maximum atomic E-state index is 6.00. The molecule has 1 heterocycles. The Kier molecular flexibility index (Phi) is 6.65. The summed E-state index contributed by atoms with van der Waals surface area (Å²) in [5.41, 5.74) is 3.49. The van der Waals surface area contributed by atoms with Crippen molar-refractivity contribution >= 4 is 5.96 Å². The van der Waals surface area contributed by atoms with Crippen molar-refractivity contribution in [2.75, 3.05) is 13.7 Å². The zero-order valence-corrected chi connectivity index (χ0v) is 17.4. The van der Waals surface area contributed by atoms with Gasteiger partial charge in [-0.3, -0.25) is 9.67 Å². The number of hydrogen-bond acceptors (Lipinski definition) is 3. The molecule has 6 heteroatoms. The summed E-state index contributed by atoms with van der Waals surface area (Å²) in [6, 6.07) is 18.5. The lowest BCUT2D eigenvalue weighted by Crippen LogP contribution is -2.36. The third kappa shape index (κ3) is 5.86. The Morgan fingerprint density at radius 2 is 1.80 bits per heavy atom. The van der Waals surface area contributed by atoms with Gasteiger partial charge in [-0.15, -0.1) is 0 Å². The van der Waals surface area contributed by atoms with Gasteiger partial charge in [0, 0.05) is 37.5 Å². The van der Waals surface area contributed by atoms with Gasteiger partial charge in [-0.2, -0.15) is 5.10 Å². The van der Waals surface area contributed by atoms with Crippen LogP contribution in [0.25, 0.3) is 0 Å². The second-order valence-corrected chi connectivity index (χ2v) is 7.67. The summed E-state index contributed by atoms with van der Waals surface area (Å²) in [5.74, 6) is 2.45. The van der Waals surface area contributed by atoms with Crippen LogP contribution in [0, 0.1) is 5.92 Å². The van der Waals surface area contributed by atoms with Crippen LogP contribution in [0.1, 0.15) is 29.5 Å². The van der Waals surface area contributed by atoms with E-state index in [2.05, 4.69) is 45.1 Å². The highest BCUT2D eigenvalue weighted by Gasteiger charge is 2.22. The lowest BCUT2D eigenvalue weighted by atomic mass is 10.2. The zero-order chi connectivity index (χ0) is 20.6. The minimum atomic E-state index is 0.660. The van der Waals surface area contributed by atoms with Gasteiger partial charge in [0.1, 0.15) is 5.75 Å². The topological polar surface area (TPSA) is 63.5 Å². The largest absolute Gasteiger partial charge is 0.493 e. The molecule has 0 saturated heterocycles. The van der Waals surface area contributed by atoms with Gasteiger partial charge in [-0.1, -0.05) is 48.5 Å². The summed E-state index contributed by atoms with van der Waals surface area (Å²) < 4.78 is 7.95. The first kappa shape index (κ1) is 20.0. The van der Waals surface area contributed by atoms with E-state index < -0.39 is 0 Å². The highest BCUT2D eigenvalue weighted by Crippen LogP contribution is 2.30. The third-order valence-electron chi connectivity index (χ3n) is 5.15. The summed E-state index contributed by atoms with van der Waals surface area (Å²) in [6.45, 7) is 2.91. The molecule has 0 aliphatic heterocycles. The first-order chi connectivity index (χ1) is 14.8. The molecule has 0 spiro atoms. The normalized spacial score (nSPS) is 13.8. The molecule has 3 aromatic rings. The summed E-state index contributed by atoms with van der Waals surface area (Å²) in [5, 5.41) is 11.2. The Labute approximate surface area is 178 Å². The van der Waals surface area contributed by atoms with Gasteiger partial charge in [0.05, 0.1) is 19.3 Å². The molecule has 1 saturated carbocycles. The first-order valence-electron chi connectivity index (χ1n) is 10.5. The van der Waals surface area contributed by atoms with E-state index in [0.29, 0.717) is 13.1 Å². The molecule has 0 atom stereocenters. The molecular formula is C24H29N5O. The number of ether oxygens (including phenoxy) is 1. The van der Waals surface area contributed by atoms with Crippen molar-refractivity contribution < 1.29 is 4.74 Å². The van der Waals surface area contributed by atoms with Gasteiger partial charge in [0.25, 0.3) is 0 Å². The van der Waals surface area contributed by atoms with Crippen LogP contribution >= 0.6 is 0 Å². The number of aliphatic imine (C=N–C) groups is 1. The van der Waals surface area contributed by atoms with Crippen LogP contribution in [0.2, 0.25) is 0 Å². The van der Waals surface area contributed by atoms with Gasteiger partial charge in [0.15, 0.2) is 5.96 Å². The molecule has 1 aromatic heterocycles. The van der Waals surface area contributed by atoms with Crippen LogP contribution in [-0.4, -0.2) is 29.4 Å². The van der Waals surface area contributed by atoms with Crippen LogP contribution in [0.4, 0.5) is 0 Å². The monoisotopic (exact) mass is 403 g/mol. The maximum Gasteiger partial charge on any atom is 0.191 e. The average Bonchev–Trinajstić information content (AvgIpc) is 3.51. The molecule has 4 rings (SSSR count). The minimum absolute atomic E-state index is 0.660. The second-order valence-electron chi connectivity index (χ2n) is 7.67. The number of nitrogens with zero attached hydrogens (tertiary/aromatic N) is 3. The lowest BCUT2D eigenvalue weighted by Gasteiger charge is -2.14. The van der Waals surface area contributed by atoms with Crippen LogP contribution in [0.5, 0.6) is 5.75 Å². The SMILES string of the molecule is CN=C(NCc1cnn(Cc2ccccc2)c1)NCc1ccccc1OCC1CC1. The van der Waals surface area contributed by atoms with Crippen LogP contribution in [0.3, 0.4) is 0 Å². The molecule has 0 unspecified atom stereocenters. The Hall–Kier alpha value is -3.28. The number of hydrogen-bond donors (Lipinski definition) is 2. The molecule has 1 aliphatic rings. The van der Waals surface area contributed by atoms with Gasteiger partial charge in [0.2, 0.25) is 0 Å². The lowest BCUT2D eigenvalue weighted by molar-refractivity contribution is 0.296. The first-order valence-corrected chi connectivity index (χ1v) is 10.5. The maximum absolute atomic E-state index is 6.00. The smallest absolute Gasteiger partial charge is 0.191 e. The van der Waals surface area contributed by atoms with Crippen molar-refractivity contribution in [3.8, 4) is 5.75 Å². The second kappa shape index (κ2) is 9.96. The summed E-state index contributed by atoms with van der Waals surface area (Å²) >= 11 is 0. The van der Waals surface area contributed by atoms with E-state index >= 15 is 0 Å². The summed E-state index contributed by atoms with van der Waals surface area (Å²) in [6.07, 6.45) is 6.54. The number of aromatic nitrogens is 2. The van der Waals surface area contributed by atoms with E-state index in [1.807, 2.05) is 47.3 Å². The predicted molar refractivity (Wildman–Crippen MR) is 119 cm³/mol. The van der Waals surface area contributed by atoms with E-state index in [1.165, 1.54) is 18.4 Å². The minimum Gasteiger partial charge on any atom is -0.493 e. The quantitative estimate of drug-likeness (QED) is 0.423. The molecule has 1 aliphatic carbocycles. The summed E-state index contributed by atoms with van der Waals surface area (Å²) in [7, 11) is 1.78. The molecule has 1 fully saturated rings. The van der Waals surface area contributed by atoms with Crippen molar-refractivity contribution in [1.29, 1.82) is 0 Å². The molecule has 0 amide bonds.